The van der Waals surface area contributed by atoms with Gasteiger partial charge in [-0.05, 0) is 23.8 Å². The highest BCUT2D eigenvalue weighted by Gasteiger charge is 2.30. The summed E-state index contributed by atoms with van der Waals surface area (Å²) in [7, 11) is 1.17. The number of rotatable bonds is 2. The van der Waals surface area contributed by atoms with Crippen LogP contribution in [0.4, 0.5) is 13.2 Å². The highest BCUT2D eigenvalue weighted by atomic mass is 19.4. The fraction of sp³-hybridized carbons (Fsp3) is 0.167. The third-order valence-corrected chi connectivity index (χ3v) is 2.10. The van der Waals surface area contributed by atoms with Gasteiger partial charge in [0.05, 0.1) is 24.3 Å². The van der Waals surface area contributed by atoms with E-state index in [0.29, 0.717) is 0 Å². The van der Waals surface area contributed by atoms with Crippen LogP contribution in [0, 0.1) is 11.3 Å². The van der Waals surface area contributed by atoms with E-state index in [-0.39, 0.29) is 11.1 Å². The van der Waals surface area contributed by atoms with Crippen molar-refractivity contribution in [2.45, 2.75) is 6.18 Å². The fourth-order valence-electron chi connectivity index (χ4n) is 1.20. The van der Waals surface area contributed by atoms with E-state index in [1.807, 2.05) is 0 Å². The van der Waals surface area contributed by atoms with Gasteiger partial charge in [-0.25, -0.2) is 4.79 Å². The molecule has 6 heteroatoms. The van der Waals surface area contributed by atoms with Gasteiger partial charge in [-0.1, -0.05) is 6.07 Å². The standard InChI is InChI=1S/C12H8F3NO2/c1-18-11(17)5-3-8-2-4-10(12(13,14)15)6-9(8)7-16/h2-6H,1H3. The fourth-order valence-corrected chi connectivity index (χ4v) is 1.20. The van der Waals surface area contributed by atoms with E-state index in [0.717, 1.165) is 24.3 Å². The SMILES string of the molecule is COC(=O)C=Cc1ccc(C(F)(F)F)cc1C#N. The van der Waals surface area contributed by atoms with Crippen LogP contribution < -0.4 is 0 Å². The summed E-state index contributed by atoms with van der Waals surface area (Å²) in [4.78, 5) is 10.8. The number of halogens is 3. The van der Waals surface area contributed by atoms with Crippen LogP contribution in [-0.4, -0.2) is 13.1 Å². The van der Waals surface area contributed by atoms with Crippen molar-refractivity contribution < 1.29 is 22.7 Å². The molecule has 0 saturated heterocycles. The smallest absolute Gasteiger partial charge is 0.416 e. The molecule has 1 aromatic rings. The number of hydrogen-bond donors (Lipinski definition) is 0. The predicted molar refractivity (Wildman–Crippen MR) is 57.2 cm³/mol. The van der Waals surface area contributed by atoms with Gasteiger partial charge in [0, 0.05) is 6.08 Å². The van der Waals surface area contributed by atoms with Crippen molar-refractivity contribution in [1.29, 1.82) is 5.26 Å². The maximum Gasteiger partial charge on any atom is 0.416 e. The number of esters is 1. The lowest BCUT2D eigenvalue weighted by Gasteiger charge is -2.07. The van der Waals surface area contributed by atoms with Crippen molar-refractivity contribution in [3.63, 3.8) is 0 Å². The van der Waals surface area contributed by atoms with Crippen molar-refractivity contribution in [3.05, 3.63) is 41.0 Å². The number of methoxy groups -OCH3 is 1. The Kier molecular flexibility index (Phi) is 4.10. The topological polar surface area (TPSA) is 50.1 Å². The molecule has 1 aromatic carbocycles. The zero-order valence-electron chi connectivity index (χ0n) is 9.28. The summed E-state index contributed by atoms with van der Waals surface area (Å²) in [5, 5.41) is 8.76. The molecule has 0 aliphatic heterocycles. The molecule has 0 amide bonds. The normalized spacial score (nSPS) is 11.3. The zero-order valence-corrected chi connectivity index (χ0v) is 9.28. The first kappa shape index (κ1) is 13.8. The Labute approximate surface area is 101 Å². The molecule has 0 radical (unpaired) electrons. The quantitative estimate of drug-likeness (QED) is 0.603. The Bertz CT molecular complexity index is 527. The Balaban J connectivity index is 3.14. The van der Waals surface area contributed by atoms with E-state index in [1.165, 1.54) is 13.2 Å². The number of carbonyl (C=O) groups is 1. The van der Waals surface area contributed by atoms with Crippen molar-refractivity contribution in [2.75, 3.05) is 7.11 Å². The minimum absolute atomic E-state index is 0.162. The Hall–Kier alpha value is -2.29. The molecule has 0 aliphatic rings. The number of nitriles is 1. The molecule has 0 saturated carbocycles. The molecule has 94 valence electrons. The minimum atomic E-state index is -4.50. The second-order valence-corrected chi connectivity index (χ2v) is 3.27. The van der Waals surface area contributed by atoms with Gasteiger partial charge in [-0.15, -0.1) is 0 Å². The maximum atomic E-state index is 12.4. The van der Waals surface area contributed by atoms with E-state index >= 15 is 0 Å². The predicted octanol–water partition coefficient (Wildman–Crippen LogP) is 2.76. The lowest BCUT2D eigenvalue weighted by atomic mass is 10.0. The summed E-state index contributed by atoms with van der Waals surface area (Å²) < 4.78 is 41.5. The van der Waals surface area contributed by atoms with Crippen LogP contribution in [0.2, 0.25) is 0 Å². The van der Waals surface area contributed by atoms with Crippen LogP contribution in [0.3, 0.4) is 0 Å². The number of hydrogen-bond acceptors (Lipinski definition) is 3. The van der Waals surface area contributed by atoms with Crippen LogP contribution in [-0.2, 0) is 15.7 Å². The van der Waals surface area contributed by atoms with E-state index in [2.05, 4.69) is 4.74 Å². The summed E-state index contributed by atoms with van der Waals surface area (Å²) in [6.45, 7) is 0. The highest BCUT2D eigenvalue weighted by Crippen LogP contribution is 2.30. The first-order valence-electron chi connectivity index (χ1n) is 4.76. The lowest BCUT2D eigenvalue weighted by molar-refractivity contribution is -0.137. The van der Waals surface area contributed by atoms with E-state index in [4.69, 9.17) is 5.26 Å². The van der Waals surface area contributed by atoms with Crippen LogP contribution in [0.1, 0.15) is 16.7 Å². The van der Waals surface area contributed by atoms with Gasteiger partial charge in [0.1, 0.15) is 0 Å². The van der Waals surface area contributed by atoms with Gasteiger partial charge in [0.25, 0.3) is 0 Å². The zero-order chi connectivity index (χ0) is 13.8. The summed E-state index contributed by atoms with van der Waals surface area (Å²) in [5.41, 5.74) is -0.852. The van der Waals surface area contributed by atoms with Crippen LogP contribution in [0.25, 0.3) is 6.08 Å². The maximum absolute atomic E-state index is 12.4. The first-order chi connectivity index (χ1) is 8.38. The molecule has 0 aliphatic carbocycles. The third kappa shape index (κ3) is 3.35. The Morgan fingerprint density at radius 1 is 1.44 bits per heavy atom. The highest BCUT2D eigenvalue weighted by molar-refractivity contribution is 5.87. The largest absolute Gasteiger partial charge is 0.466 e. The summed E-state index contributed by atoms with van der Waals surface area (Å²) in [6, 6.07) is 4.35. The molecule has 1 rings (SSSR count). The molecule has 0 bridgehead atoms. The second kappa shape index (κ2) is 5.36. The van der Waals surface area contributed by atoms with Gasteiger partial charge in [-0.3, -0.25) is 0 Å². The van der Waals surface area contributed by atoms with Crippen LogP contribution in [0.5, 0.6) is 0 Å². The molecular weight excluding hydrogens is 247 g/mol. The van der Waals surface area contributed by atoms with Crippen molar-refractivity contribution in [2.24, 2.45) is 0 Å². The molecule has 18 heavy (non-hydrogen) atoms. The Morgan fingerprint density at radius 3 is 2.61 bits per heavy atom. The summed E-state index contributed by atoms with van der Waals surface area (Å²) >= 11 is 0. The average Bonchev–Trinajstić information content (AvgIpc) is 2.34. The molecule has 3 nitrogen and oxygen atoms in total. The molecule has 0 atom stereocenters. The molecule has 0 spiro atoms. The first-order valence-corrected chi connectivity index (χ1v) is 4.76. The molecular formula is C12H8F3NO2. The van der Waals surface area contributed by atoms with Crippen molar-refractivity contribution >= 4 is 12.0 Å². The monoisotopic (exact) mass is 255 g/mol. The average molecular weight is 255 g/mol. The van der Waals surface area contributed by atoms with Crippen molar-refractivity contribution in [3.8, 4) is 6.07 Å². The van der Waals surface area contributed by atoms with E-state index < -0.39 is 17.7 Å². The second-order valence-electron chi connectivity index (χ2n) is 3.27. The van der Waals surface area contributed by atoms with Gasteiger partial charge in [0.2, 0.25) is 0 Å². The number of nitrogens with zero attached hydrogens (tertiary/aromatic N) is 1. The molecule has 0 aromatic heterocycles. The molecule has 0 fully saturated rings. The van der Waals surface area contributed by atoms with Gasteiger partial charge < -0.3 is 4.74 Å². The van der Waals surface area contributed by atoms with E-state index in [1.54, 1.807) is 6.07 Å². The number of benzene rings is 1. The minimum Gasteiger partial charge on any atom is -0.466 e. The van der Waals surface area contributed by atoms with Gasteiger partial charge in [-0.2, -0.15) is 18.4 Å². The summed E-state index contributed by atoms with van der Waals surface area (Å²) in [5.74, 6) is -0.654. The summed E-state index contributed by atoms with van der Waals surface area (Å²) in [6.07, 6.45) is -2.25. The van der Waals surface area contributed by atoms with Gasteiger partial charge in [0.15, 0.2) is 0 Å². The third-order valence-electron chi connectivity index (χ3n) is 2.10. The Morgan fingerprint density at radius 2 is 2.11 bits per heavy atom. The molecule has 0 heterocycles. The number of ether oxygens (including phenoxy) is 1. The van der Waals surface area contributed by atoms with E-state index in [9.17, 15) is 18.0 Å². The van der Waals surface area contributed by atoms with Crippen LogP contribution >= 0.6 is 0 Å². The van der Waals surface area contributed by atoms with Crippen molar-refractivity contribution in [1.82, 2.24) is 0 Å². The molecule has 0 unspecified atom stereocenters. The lowest BCUT2D eigenvalue weighted by Crippen LogP contribution is -2.05. The number of carbonyl (C=O) groups excluding carboxylic acids is 1. The van der Waals surface area contributed by atoms with Gasteiger partial charge >= 0.3 is 12.1 Å². The number of alkyl halides is 3. The molecule has 0 N–H and O–H groups in total. The van der Waals surface area contributed by atoms with Crippen LogP contribution in [0.15, 0.2) is 24.3 Å².